The SMILES string of the molecule is CC(C)c1cc(S)on1. The molecule has 0 aliphatic heterocycles. The average molecular weight is 143 g/mol. The monoisotopic (exact) mass is 143 g/mol. The second kappa shape index (κ2) is 2.43. The molecule has 0 saturated heterocycles. The molecule has 0 unspecified atom stereocenters. The lowest BCUT2D eigenvalue weighted by atomic mass is 10.1. The van der Waals surface area contributed by atoms with Crippen LogP contribution in [0.25, 0.3) is 0 Å². The predicted octanol–water partition coefficient (Wildman–Crippen LogP) is 2.09. The van der Waals surface area contributed by atoms with Gasteiger partial charge in [0, 0.05) is 6.07 Å². The summed E-state index contributed by atoms with van der Waals surface area (Å²) in [5, 5.41) is 4.35. The van der Waals surface area contributed by atoms with E-state index in [0.29, 0.717) is 11.0 Å². The molecule has 1 rings (SSSR count). The zero-order valence-electron chi connectivity index (χ0n) is 5.46. The normalized spacial score (nSPS) is 10.7. The number of hydrogen-bond donors (Lipinski definition) is 1. The van der Waals surface area contributed by atoms with E-state index in [9.17, 15) is 0 Å². The number of nitrogens with zero attached hydrogens (tertiary/aromatic N) is 1. The Kier molecular flexibility index (Phi) is 1.81. The molecule has 0 saturated carbocycles. The lowest BCUT2D eigenvalue weighted by Crippen LogP contribution is -1.83. The van der Waals surface area contributed by atoms with E-state index < -0.39 is 0 Å². The Morgan fingerprint density at radius 3 is 2.56 bits per heavy atom. The van der Waals surface area contributed by atoms with E-state index in [0.717, 1.165) is 5.69 Å². The number of aromatic nitrogens is 1. The molecule has 0 aliphatic carbocycles. The topological polar surface area (TPSA) is 26.0 Å². The Balaban J connectivity index is 2.85. The van der Waals surface area contributed by atoms with E-state index >= 15 is 0 Å². The van der Waals surface area contributed by atoms with Crippen molar-refractivity contribution < 1.29 is 4.52 Å². The van der Waals surface area contributed by atoms with Gasteiger partial charge in [0.2, 0.25) is 0 Å². The van der Waals surface area contributed by atoms with Crippen LogP contribution in [0, 0.1) is 0 Å². The Morgan fingerprint density at radius 2 is 2.33 bits per heavy atom. The maximum Gasteiger partial charge on any atom is 0.190 e. The first-order chi connectivity index (χ1) is 4.20. The molecular weight excluding hydrogens is 134 g/mol. The Labute approximate surface area is 59.6 Å². The number of thiol groups is 1. The molecule has 1 aromatic heterocycles. The lowest BCUT2D eigenvalue weighted by Gasteiger charge is -1.92. The van der Waals surface area contributed by atoms with Crippen molar-refractivity contribution in [3.8, 4) is 0 Å². The first kappa shape index (κ1) is 6.68. The molecule has 0 N–H and O–H groups in total. The lowest BCUT2D eigenvalue weighted by molar-refractivity contribution is 0.344. The highest BCUT2D eigenvalue weighted by Gasteiger charge is 2.03. The second-order valence-corrected chi connectivity index (χ2v) is 2.69. The maximum absolute atomic E-state index is 4.74. The minimum absolute atomic E-state index is 0.426. The molecule has 2 nitrogen and oxygen atoms in total. The van der Waals surface area contributed by atoms with Gasteiger partial charge in [0.05, 0.1) is 5.69 Å². The van der Waals surface area contributed by atoms with Gasteiger partial charge < -0.3 is 4.52 Å². The fraction of sp³-hybridized carbons (Fsp3) is 0.500. The van der Waals surface area contributed by atoms with Gasteiger partial charge >= 0.3 is 0 Å². The van der Waals surface area contributed by atoms with Crippen molar-refractivity contribution in [3.63, 3.8) is 0 Å². The molecule has 3 heteroatoms. The summed E-state index contributed by atoms with van der Waals surface area (Å²) in [4.78, 5) is 0. The van der Waals surface area contributed by atoms with Crippen LogP contribution in [0.4, 0.5) is 0 Å². The Hall–Kier alpha value is -0.440. The largest absolute Gasteiger partial charge is 0.350 e. The number of hydrogen-bond acceptors (Lipinski definition) is 3. The van der Waals surface area contributed by atoms with Crippen molar-refractivity contribution in [2.45, 2.75) is 24.9 Å². The fourth-order valence-corrected chi connectivity index (χ4v) is 0.724. The minimum Gasteiger partial charge on any atom is -0.350 e. The maximum atomic E-state index is 4.74. The summed E-state index contributed by atoms with van der Waals surface area (Å²) in [7, 11) is 0. The minimum atomic E-state index is 0.426. The molecule has 0 aromatic carbocycles. The van der Waals surface area contributed by atoms with Gasteiger partial charge in [-0.1, -0.05) is 19.0 Å². The van der Waals surface area contributed by atoms with Gasteiger partial charge in [-0.2, -0.15) is 0 Å². The zero-order chi connectivity index (χ0) is 6.85. The molecule has 1 heterocycles. The van der Waals surface area contributed by atoms with Gasteiger partial charge in [0.15, 0.2) is 5.09 Å². The van der Waals surface area contributed by atoms with Crippen molar-refractivity contribution in [1.29, 1.82) is 0 Å². The van der Waals surface area contributed by atoms with Crippen molar-refractivity contribution in [2.75, 3.05) is 0 Å². The van der Waals surface area contributed by atoms with Crippen LogP contribution in [-0.4, -0.2) is 5.16 Å². The van der Waals surface area contributed by atoms with Gasteiger partial charge in [-0.15, -0.1) is 12.6 Å². The van der Waals surface area contributed by atoms with Gasteiger partial charge in [0.1, 0.15) is 0 Å². The van der Waals surface area contributed by atoms with E-state index in [4.69, 9.17) is 4.52 Å². The molecule has 9 heavy (non-hydrogen) atoms. The molecule has 0 aliphatic rings. The van der Waals surface area contributed by atoms with E-state index in [1.165, 1.54) is 0 Å². The third kappa shape index (κ3) is 1.48. The molecule has 0 fully saturated rings. The van der Waals surface area contributed by atoms with Crippen molar-refractivity contribution in [2.24, 2.45) is 0 Å². The van der Waals surface area contributed by atoms with Crippen LogP contribution >= 0.6 is 12.6 Å². The summed E-state index contributed by atoms with van der Waals surface area (Å²) < 4.78 is 4.74. The van der Waals surface area contributed by atoms with E-state index in [2.05, 4.69) is 31.6 Å². The van der Waals surface area contributed by atoms with Crippen LogP contribution in [0.15, 0.2) is 15.7 Å². The van der Waals surface area contributed by atoms with Gasteiger partial charge in [-0.3, -0.25) is 0 Å². The van der Waals surface area contributed by atoms with Crippen molar-refractivity contribution in [3.05, 3.63) is 11.8 Å². The first-order valence-corrected chi connectivity index (χ1v) is 3.30. The van der Waals surface area contributed by atoms with Crippen LogP contribution in [0.1, 0.15) is 25.5 Å². The predicted molar refractivity (Wildman–Crippen MR) is 37.8 cm³/mol. The fourth-order valence-electron chi connectivity index (χ4n) is 0.551. The summed E-state index contributed by atoms with van der Waals surface area (Å²) in [6, 6.07) is 1.83. The summed E-state index contributed by atoms with van der Waals surface area (Å²) in [6.45, 7) is 4.12. The van der Waals surface area contributed by atoms with Crippen LogP contribution < -0.4 is 0 Å². The third-order valence-corrected chi connectivity index (χ3v) is 1.32. The highest BCUT2D eigenvalue weighted by molar-refractivity contribution is 7.80. The molecular formula is C6H9NOS. The highest BCUT2D eigenvalue weighted by Crippen LogP contribution is 2.15. The van der Waals surface area contributed by atoms with Crippen LogP contribution in [0.3, 0.4) is 0 Å². The van der Waals surface area contributed by atoms with Crippen LogP contribution in [0.2, 0.25) is 0 Å². The van der Waals surface area contributed by atoms with Crippen molar-refractivity contribution in [1.82, 2.24) is 5.16 Å². The van der Waals surface area contributed by atoms with Gasteiger partial charge in [-0.25, -0.2) is 0 Å². The Bertz CT molecular complexity index is 195. The van der Waals surface area contributed by atoms with Crippen LogP contribution in [-0.2, 0) is 0 Å². The zero-order valence-corrected chi connectivity index (χ0v) is 6.35. The summed E-state index contributed by atoms with van der Waals surface area (Å²) in [5.74, 6) is 0.426. The number of rotatable bonds is 1. The third-order valence-electron chi connectivity index (χ3n) is 1.11. The highest BCUT2D eigenvalue weighted by atomic mass is 32.1. The molecule has 0 spiro atoms. The molecule has 50 valence electrons. The molecule has 1 aromatic rings. The first-order valence-electron chi connectivity index (χ1n) is 2.85. The van der Waals surface area contributed by atoms with E-state index in [1.807, 2.05) is 6.07 Å². The van der Waals surface area contributed by atoms with E-state index in [1.54, 1.807) is 0 Å². The molecule has 0 radical (unpaired) electrons. The quantitative estimate of drug-likeness (QED) is 0.609. The second-order valence-electron chi connectivity index (χ2n) is 2.24. The van der Waals surface area contributed by atoms with Crippen LogP contribution in [0.5, 0.6) is 0 Å². The van der Waals surface area contributed by atoms with E-state index in [-0.39, 0.29) is 0 Å². The molecule has 0 atom stereocenters. The summed E-state index contributed by atoms with van der Waals surface area (Å²) in [5.41, 5.74) is 0.958. The van der Waals surface area contributed by atoms with Crippen molar-refractivity contribution >= 4 is 12.6 Å². The molecule has 0 amide bonds. The molecule has 0 bridgehead atoms. The average Bonchev–Trinajstić information content (AvgIpc) is 2.14. The summed E-state index contributed by atoms with van der Waals surface area (Å²) >= 11 is 3.97. The smallest absolute Gasteiger partial charge is 0.190 e. The van der Waals surface area contributed by atoms with Gasteiger partial charge in [0.25, 0.3) is 0 Å². The summed E-state index contributed by atoms with van der Waals surface area (Å²) in [6.07, 6.45) is 0. The van der Waals surface area contributed by atoms with Gasteiger partial charge in [-0.05, 0) is 5.92 Å². The Morgan fingerprint density at radius 1 is 1.67 bits per heavy atom. The standard InChI is InChI=1S/C6H9NOS/c1-4(2)5-3-6(9)8-7-5/h3-4,9H,1-2H3.